The maximum absolute atomic E-state index is 12.6. The molecule has 8 heteroatoms. The van der Waals surface area contributed by atoms with Crippen molar-refractivity contribution in [2.75, 3.05) is 12.4 Å². The standard InChI is InChI=1S/C21H19N3O4S/c1-13(25)22-11-14-7-9-15(10-8-14)18-12-29-21(23-18)24-19(26)16-5-3-4-6-17(16)20(27)28-2/h3-10,12H,11H2,1-2H3,(H,22,25)(H,23,24,26). The summed E-state index contributed by atoms with van der Waals surface area (Å²) >= 11 is 1.29. The molecule has 0 saturated carbocycles. The van der Waals surface area contributed by atoms with Crippen molar-refractivity contribution in [2.45, 2.75) is 13.5 Å². The summed E-state index contributed by atoms with van der Waals surface area (Å²) in [5, 5.41) is 7.73. The van der Waals surface area contributed by atoms with Gasteiger partial charge in [0.25, 0.3) is 5.91 Å². The van der Waals surface area contributed by atoms with Gasteiger partial charge >= 0.3 is 5.97 Å². The van der Waals surface area contributed by atoms with Gasteiger partial charge in [-0.05, 0) is 17.7 Å². The number of carbonyl (C=O) groups excluding carboxylic acids is 3. The van der Waals surface area contributed by atoms with Crippen LogP contribution < -0.4 is 10.6 Å². The largest absolute Gasteiger partial charge is 0.465 e. The molecule has 29 heavy (non-hydrogen) atoms. The summed E-state index contributed by atoms with van der Waals surface area (Å²) in [4.78, 5) is 39.9. The van der Waals surface area contributed by atoms with E-state index in [9.17, 15) is 14.4 Å². The summed E-state index contributed by atoms with van der Waals surface area (Å²) < 4.78 is 4.72. The molecule has 3 rings (SSSR count). The molecule has 2 aromatic carbocycles. The Kier molecular flexibility index (Phi) is 6.36. The molecule has 0 spiro atoms. The Balaban J connectivity index is 1.72. The fourth-order valence-electron chi connectivity index (χ4n) is 2.62. The van der Waals surface area contributed by atoms with E-state index < -0.39 is 11.9 Å². The second-order valence-electron chi connectivity index (χ2n) is 6.14. The second-order valence-corrected chi connectivity index (χ2v) is 6.99. The average Bonchev–Trinajstić information content (AvgIpc) is 3.20. The molecule has 0 radical (unpaired) electrons. The number of aromatic nitrogens is 1. The minimum Gasteiger partial charge on any atom is -0.465 e. The van der Waals surface area contributed by atoms with Gasteiger partial charge in [0, 0.05) is 24.4 Å². The van der Waals surface area contributed by atoms with Gasteiger partial charge in [0.05, 0.1) is 23.9 Å². The van der Waals surface area contributed by atoms with E-state index in [2.05, 4.69) is 15.6 Å². The summed E-state index contributed by atoms with van der Waals surface area (Å²) in [6.45, 7) is 1.94. The van der Waals surface area contributed by atoms with Crippen molar-refractivity contribution in [3.8, 4) is 11.3 Å². The van der Waals surface area contributed by atoms with Crippen LogP contribution in [0.5, 0.6) is 0 Å². The van der Waals surface area contributed by atoms with Gasteiger partial charge in [0.1, 0.15) is 0 Å². The maximum Gasteiger partial charge on any atom is 0.338 e. The number of hydrogen-bond donors (Lipinski definition) is 2. The predicted octanol–water partition coefficient (Wildman–Crippen LogP) is 3.49. The molecule has 0 fully saturated rings. The van der Waals surface area contributed by atoms with Crippen molar-refractivity contribution in [1.82, 2.24) is 10.3 Å². The summed E-state index contributed by atoms with van der Waals surface area (Å²) in [5.74, 6) is -1.09. The molecule has 0 bridgehead atoms. The van der Waals surface area contributed by atoms with E-state index in [1.807, 2.05) is 29.6 Å². The third-order valence-electron chi connectivity index (χ3n) is 4.09. The number of rotatable bonds is 6. The van der Waals surface area contributed by atoms with Gasteiger partial charge in [0.2, 0.25) is 5.91 Å². The summed E-state index contributed by atoms with van der Waals surface area (Å²) in [7, 11) is 1.27. The maximum atomic E-state index is 12.6. The molecule has 0 aliphatic heterocycles. The normalized spacial score (nSPS) is 10.3. The SMILES string of the molecule is COC(=O)c1ccccc1C(=O)Nc1nc(-c2ccc(CNC(C)=O)cc2)cs1. The number of benzene rings is 2. The van der Waals surface area contributed by atoms with Crippen LogP contribution in [-0.2, 0) is 16.1 Å². The van der Waals surface area contributed by atoms with Gasteiger partial charge in [-0.1, -0.05) is 36.4 Å². The number of carbonyl (C=O) groups is 3. The van der Waals surface area contributed by atoms with Crippen LogP contribution in [0.3, 0.4) is 0 Å². The fourth-order valence-corrected chi connectivity index (χ4v) is 3.33. The Labute approximate surface area is 171 Å². The zero-order chi connectivity index (χ0) is 20.8. The summed E-state index contributed by atoms with van der Waals surface area (Å²) in [6, 6.07) is 14.1. The van der Waals surface area contributed by atoms with Crippen molar-refractivity contribution < 1.29 is 19.1 Å². The van der Waals surface area contributed by atoms with E-state index >= 15 is 0 Å². The number of esters is 1. The van der Waals surface area contributed by atoms with Crippen LogP contribution in [0.4, 0.5) is 5.13 Å². The molecule has 3 aromatic rings. The molecular formula is C21H19N3O4S. The quantitative estimate of drug-likeness (QED) is 0.608. The molecule has 0 unspecified atom stereocenters. The van der Waals surface area contributed by atoms with E-state index in [0.717, 1.165) is 16.8 Å². The first-order valence-corrected chi connectivity index (χ1v) is 9.64. The highest BCUT2D eigenvalue weighted by molar-refractivity contribution is 7.14. The van der Waals surface area contributed by atoms with E-state index in [1.165, 1.54) is 31.4 Å². The van der Waals surface area contributed by atoms with Crippen molar-refractivity contribution in [2.24, 2.45) is 0 Å². The van der Waals surface area contributed by atoms with E-state index in [0.29, 0.717) is 11.7 Å². The fraction of sp³-hybridized carbons (Fsp3) is 0.143. The highest BCUT2D eigenvalue weighted by atomic mass is 32.1. The molecular weight excluding hydrogens is 390 g/mol. The monoisotopic (exact) mass is 409 g/mol. The number of amides is 2. The van der Waals surface area contributed by atoms with Crippen LogP contribution in [-0.4, -0.2) is 29.9 Å². The number of methoxy groups -OCH3 is 1. The number of nitrogens with zero attached hydrogens (tertiary/aromatic N) is 1. The van der Waals surface area contributed by atoms with Gasteiger partial charge in [-0.3, -0.25) is 14.9 Å². The van der Waals surface area contributed by atoms with Crippen molar-refractivity contribution in [3.05, 3.63) is 70.6 Å². The van der Waals surface area contributed by atoms with Crippen LogP contribution in [0, 0.1) is 0 Å². The molecule has 0 aliphatic carbocycles. The minimum atomic E-state index is -0.574. The number of nitrogens with one attached hydrogen (secondary N) is 2. The lowest BCUT2D eigenvalue weighted by Crippen LogP contribution is -2.18. The third-order valence-corrected chi connectivity index (χ3v) is 4.85. The highest BCUT2D eigenvalue weighted by Gasteiger charge is 2.18. The molecule has 1 heterocycles. The molecule has 0 saturated heterocycles. The molecule has 1 aromatic heterocycles. The smallest absolute Gasteiger partial charge is 0.338 e. The first-order chi connectivity index (χ1) is 14.0. The van der Waals surface area contributed by atoms with Crippen molar-refractivity contribution in [3.63, 3.8) is 0 Å². The summed E-state index contributed by atoms with van der Waals surface area (Å²) in [5.41, 5.74) is 3.01. The van der Waals surface area contributed by atoms with E-state index in [-0.39, 0.29) is 17.0 Å². The van der Waals surface area contributed by atoms with E-state index in [4.69, 9.17) is 4.74 Å². The first-order valence-electron chi connectivity index (χ1n) is 8.76. The van der Waals surface area contributed by atoms with Crippen LogP contribution >= 0.6 is 11.3 Å². The van der Waals surface area contributed by atoms with Crippen LogP contribution in [0.25, 0.3) is 11.3 Å². The lowest BCUT2D eigenvalue weighted by Gasteiger charge is -2.07. The average molecular weight is 409 g/mol. The van der Waals surface area contributed by atoms with Crippen molar-refractivity contribution in [1.29, 1.82) is 0 Å². The molecule has 0 aliphatic rings. The lowest BCUT2D eigenvalue weighted by atomic mass is 10.1. The van der Waals surface area contributed by atoms with Gasteiger partial charge in [-0.25, -0.2) is 9.78 Å². The van der Waals surface area contributed by atoms with Gasteiger partial charge in [-0.15, -0.1) is 11.3 Å². The minimum absolute atomic E-state index is 0.0808. The molecule has 0 atom stereocenters. The topological polar surface area (TPSA) is 97.4 Å². The Bertz CT molecular complexity index is 1040. The zero-order valence-corrected chi connectivity index (χ0v) is 16.7. The number of ether oxygens (including phenoxy) is 1. The van der Waals surface area contributed by atoms with E-state index in [1.54, 1.807) is 18.2 Å². The number of thiazole rings is 1. The third kappa shape index (κ3) is 5.05. The van der Waals surface area contributed by atoms with Crippen LogP contribution in [0.1, 0.15) is 33.2 Å². The zero-order valence-electron chi connectivity index (χ0n) is 15.9. The molecule has 2 N–H and O–H groups in total. The Morgan fingerprint density at radius 1 is 1.03 bits per heavy atom. The number of anilines is 1. The second kappa shape index (κ2) is 9.11. The Morgan fingerprint density at radius 2 is 1.72 bits per heavy atom. The molecule has 2 amide bonds. The molecule has 148 valence electrons. The Morgan fingerprint density at radius 3 is 2.38 bits per heavy atom. The van der Waals surface area contributed by atoms with Gasteiger partial charge in [0.15, 0.2) is 5.13 Å². The first kappa shape index (κ1) is 20.2. The molecule has 7 nitrogen and oxygen atoms in total. The van der Waals surface area contributed by atoms with Crippen LogP contribution in [0.15, 0.2) is 53.9 Å². The summed E-state index contributed by atoms with van der Waals surface area (Å²) in [6.07, 6.45) is 0. The lowest BCUT2D eigenvalue weighted by molar-refractivity contribution is -0.119. The predicted molar refractivity (Wildman–Crippen MR) is 111 cm³/mol. The van der Waals surface area contributed by atoms with Gasteiger partial charge in [-0.2, -0.15) is 0 Å². The van der Waals surface area contributed by atoms with Crippen molar-refractivity contribution >= 4 is 34.3 Å². The van der Waals surface area contributed by atoms with Crippen LogP contribution in [0.2, 0.25) is 0 Å². The number of hydrogen-bond acceptors (Lipinski definition) is 6. The Hall–Kier alpha value is -3.52. The van der Waals surface area contributed by atoms with Gasteiger partial charge < -0.3 is 10.1 Å². The highest BCUT2D eigenvalue weighted by Crippen LogP contribution is 2.26.